The van der Waals surface area contributed by atoms with Crippen molar-refractivity contribution in [2.75, 3.05) is 20.3 Å². The van der Waals surface area contributed by atoms with Gasteiger partial charge < -0.3 is 14.0 Å². The van der Waals surface area contributed by atoms with Gasteiger partial charge in [0, 0.05) is 19.2 Å². The third-order valence-corrected chi connectivity index (χ3v) is 5.25. The number of carbonyl (C=O) groups is 1. The second-order valence-electron chi connectivity index (χ2n) is 6.29. The molecule has 5 nitrogen and oxygen atoms in total. The summed E-state index contributed by atoms with van der Waals surface area (Å²) >= 11 is 1.28. The maximum absolute atomic E-state index is 13.6. The van der Waals surface area contributed by atoms with Crippen molar-refractivity contribution in [3.8, 4) is 5.75 Å². The van der Waals surface area contributed by atoms with E-state index in [0.717, 1.165) is 23.1 Å². The number of aromatic nitrogens is 1. The first-order chi connectivity index (χ1) is 13.6. The summed E-state index contributed by atoms with van der Waals surface area (Å²) in [5.41, 5.74) is 1.28. The zero-order valence-corrected chi connectivity index (χ0v) is 16.8. The van der Waals surface area contributed by atoms with E-state index in [1.807, 2.05) is 10.6 Å². The van der Waals surface area contributed by atoms with Crippen molar-refractivity contribution in [3.63, 3.8) is 0 Å². The highest BCUT2D eigenvalue weighted by atomic mass is 32.1. The van der Waals surface area contributed by atoms with Gasteiger partial charge in [-0.15, -0.1) is 0 Å². The molecule has 0 saturated heterocycles. The molecule has 28 heavy (non-hydrogen) atoms. The third-order valence-electron chi connectivity index (χ3n) is 4.21. The van der Waals surface area contributed by atoms with Crippen LogP contribution in [0.4, 0.5) is 4.39 Å². The molecule has 3 rings (SSSR count). The molecule has 2 aromatic carbocycles. The highest BCUT2D eigenvalue weighted by Gasteiger charge is 2.11. The van der Waals surface area contributed by atoms with Crippen LogP contribution in [0.2, 0.25) is 0 Å². The SMILES string of the molecule is CCCCOc1cccc(C(=O)N=c2sc3cc(F)ccc3n2CCOC)c1. The van der Waals surface area contributed by atoms with Gasteiger partial charge in [0.25, 0.3) is 5.91 Å². The van der Waals surface area contributed by atoms with Gasteiger partial charge in [-0.3, -0.25) is 4.79 Å². The molecule has 1 amide bonds. The number of carbonyl (C=O) groups excluding carboxylic acids is 1. The summed E-state index contributed by atoms with van der Waals surface area (Å²) in [4.78, 5) is 17.5. The zero-order valence-electron chi connectivity index (χ0n) is 16.0. The van der Waals surface area contributed by atoms with Crippen molar-refractivity contribution >= 4 is 27.5 Å². The molecule has 0 bridgehead atoms. The van der Waals surface area contributed by atoms with Crippen LogP contribution in [-0.2, 0) is 11.3 Å². The lowest BCUT2D eigenvalue weighted by molar-refractivity contribution is 0.0997. The van der Waals surface area contributed by atoms with Gasteiger partial charge in [-0.25, -0.2) is 4.39 Å². The van der Waals surface area contributed by atoms with Crippen LogP contribution in [0, 0.1) is 5.82 Å². The number of nitrogens with zero attached hydrogens (tertiary/aromatic N) is 2. The number of fused-ring (bicyclic) bond motifs is 1. The highest BCUT2D eigenvalue weighted by molar-refractivity contribution is 7.16. The number of amides is 1. The largest absolute Gasteiger partial charge is 0.494 e. The predicted octanol–water partition coefficient (Wildman–Crippen LogP) is 4.41. The molecule has 0 aliphatic carbocycles. The first-order valence-electron chi connectivity index (χ1n) is 9.22. The van der Waals surface area contributed by atoms with Gasteiger partial charge in [0.05, 0.1) is 23.4 Å². The van der Waals surface area contributed by atoms with E-state index in [0.29, 0.717) is 35.9 Å². The van der Waals surface area contributed by atoms with Crippen LogP contribution in [0.5, 0.6) is 5.75 Å². The number of unbranched alkanes of at least 4 members (excludes halogenated alkanes) is 1. The summed E-state index contributed by atoms with van der Waals surface area (Å²) in [6.45, 7) is 3.70. The van der Waals surface area contributed by atoms with Gasteiger partial charge >= 0.3 is 0 Å². The van der Waals surface area contributed by atoms with E-state index in [-0.39, 0.29) is 11.7 Å². The van der Waals surface area contributed by atoms with Crippen LogP contribution in [0.1, 0.15) is 30.1 Å². The molecule has 0 unspecified atom stereocenters. The molecular weight excluding hydrogens is 379 g/mol. The first-order valence-corrected chi connectivity index (χ1v) is 10.0. The smallest absolute Gasteiger partial charge is 0.279 e. The van der Waals surface area contributed by atoms with E-state index in [1.165, 1.54) is 23.5 Å². The molecule has 1 aromatic heterocycles. The van der Waals surface area contributed by atoms with Crippen LogP contribution in [0.25, 0.3) is 10.2 Å². The third kappa shape index (κ3) is 4.85. The normalized spacial score (nSPS) is 11.9. The Balaban J connectivity index is 1.94. The van der Waals surface area contributed by atoms with E-state index in [4.69, 9.17) is 9.47 Å². The summed E-state index contributed by atoms with van der Waals surface area (Å²) < 4.78 is 27.0. The fraction of sp³-hybridized carbons (Fsp3) is 0.333. The summed E-state index contributed by atoms with van der Waals surface area (Å²) in [5.74, 6) is -0.0262. The second kappa shape index (κ2) is 9.61. The molecule has 0 radical (unpaired) electrons. The number of ether oxygens (including phenoxy) is 2. The molecule has 0 saturated carbocycles. The molecule has 0 N–H and O–H groups in total. The number of thiazole rings is 1. The molecular formula is C21H23FN2O3S. The molecule has 3 aromatic rings. The molecule has 148 valence electrons. The number of methoxy groups -OCH3 is 1. The van der Waals surface area contributed by atoms with E-state index in [1.54, 1.807) is 31.4 Å². The predicted molar refractivity (Wildman–Crippen MR) is 108 cm³/mol. The quantitative estimate of drug-likeness (QED) is 0.525. The number of halogens is 1. The van der Waals surface area contributed by atoms with Crippen molar-refractivity contribution in [1.82, 2.24) is 4.57 Å². The molecule has 0 atom stereocenters. The van der Waals surface area contributed by atoms with E-state index < -0.39 is 0 Å². The average molecular weight is 402 g/mol. The Labute approximate surface area is 167 Å². The standard InChI is InChI=1S/C21H23FN2O3S/c1-3-4-11-27-17-7-5-6-15(13-17)20(25)23-21-24(10-12-26-2)18-9-8-16(22)14-19(18)28-21/h5-9,13-14H,3-4,10-12H2,1-2H3. The second-order valence-corrected chi connectivity index (χ2v) is 7.30. The lowest BCUT2D eigenvalue weighted by atomic mass is 10.2. The van der Waals surface area contributed by atoms with Gasteiger partial charge in [-0.1, -0.05) is 30.7 Å². The van der Waals surface area contributed by atoms with Crippen LogP contribution < -0.4 is 9.54 Å². The summed E-state index contributed by atoms with van der Waals surface area (Å²) in [7, 11) is 1.61. The monoisotopic (exact) mass is 402 g/mol. The van der Waals surface area contributed by atoms with Gasteiger partial charge in [-0.2, -0.15) is 4.99 Å². The minimum atomic E-state index is -0.362. The van der Waals surface area contributed by atoms with Gasteiger partial charge in [-0.05, 0) is 42.8 Å². The molecule has 7 heteroatoms. The zero-order chi connectivity index (χ0) is 19.9. The molecule has 0 fully saturated rings. The molecule has 0 spiro atoms. The topological polar surface area (TPSA) is 52.8 Å². The molecule has 1 heterocycles. The van der Waals surface area contributed by atoms with Crippen LogP contribution in [0.15, 0.2) is 47.5 Å². The maximum Gasteiger partial charge on any atom is 0.279 e. The lowest BCUT2D eigenvalue weighted by Crippen LogP contribution is -2.19. The van der Waals surface area contributed by atoms with Crippen molar-refractivity contribution in [2.45, 2.75) is 26.3 Å². The van der Waals surface area contributed by atoms with Crippen molar-refractivity contribution < 1.29 is 18.7 Å². The fourth-order valence-corrected chi connectivity index (χ4v) is 3.82. The number of hydrogen-bond donors (Lipinski definition) is 0. The van der Waals surface area contributed by atoms with Crippen molar-refractivity contribution in [3.05, 3.63) is 58.6 Å². The van der Waals surface area contributed by atoms with E-state index >= 15 is 0 Å². The Morgan fingerprint density at radius 1 is 1.21 bits per heavy atom. The highest BCUT2D eigenvalue weighted by Crippen LogP contribution is 2.19. The summed E-state index contributed by atoms with van der Waals surface area (Å²) in [6, 6.07) is 11.6. The maximum atomic E-state index is 13.6. The summed E-state index contributed by atoms with van der Waals surface area (Å²) in [5, 5.41) is 0. The minimum absolute atomic E-state index is 0.317. The van der Waals surface area contributed by atoms with Gasteiger partial charge in [0.2, 0.25) is 0 Å². The van der Waals surface area contributed by atoms with Crippen LogP contribution >= 0.6 is 11.3 Å². The fourth-order valence-electron chi connectivity index (χ4n) is 2.74. The Morgan fingerprint density at radius 3 is 2.86 bits per heavy atom. The lowest BCUT2D eigenvalue weighted by Gasteiger charge is -2.06. The number of hydrogen-bond acceptors (Lipinski definition) is 4. The molecule has 0 aliphatic heterocycles. The Bertz CT molecular complexity index is 1030. The van der Waals surface area contributed by atoms with Crippen molar-refractivity contribution in [2.24, 2.45) is 4.99 Å². The van der Waals surface area contributed by atoms with Crippen molar-refractivity contribution in [1.29, 1.82) is 0 Å². The molecule has 0 aliphatic rings. The summed E-state index contributed by atoms with van der Waals surface area (Å²) in [6.07, 6.45) is 2.00. The first kappa shape index (κ1) is 20.2. The Hall–Kier alpha value is -2.51. The van der Waals surface area contributed by atoms with E-state index in [9.17, 15) is 9.18 Å². The van der Waals surface area contributed by atoms with E-state index in [2.05, 4.69) is 11.9 Å². The Kier molecular flexibility index (Phi) is 6.95. The van der Waals surface area contributed by atoms with Gasteiger partial charge in [0.1, 0.15) is 11.6 Å². The number of rotatable bonds is 8. The van der Waals surface area contributed by atoms with Crippen LogP contribution in [-0.4, -0.2) is 30.8 Å². The Morgan fingerprint density at radius 2 is 2.07 bits per heavy atom. The van der Waals surface area contributed by atoms with Crippen LogP contribution in [0.3, 0.4) is 0 Å². The van der Waals surface area contributed by atoms with Gasteiger partial charge in [0.15, 0.2) is 4.80 Å². The minimum Gasteiger partial charge on any atom is -0.494 e. The number of benzene rings is 2. The average Bonchev–Trinajstić information content (AvgIpc) is 3.02.